The Bertz CT molecular complexity index is 434. The topological polar surface area (TPSA) is 81.1 Å². The number of nitrogens with zero attached hydrogens (tertiary/aromatic N) is 4. The fourth-order valence-electron chi connectivity index (χ4n) is 1.26. The molecule has 0 aliphatic carbocycles. The van der Waals surface area contributed by atoms with Crippen LogP contribution in [0, 0.1) is 6.92 Å². The van der Waals surface area contributed by atoms with Crippen LogP contribution in [0.4, 0.5) is 5.82 Å². The summed E-state index contributed by atoms with van der Waals surface area (Å²) in [6.45, 7) is 3.14. The lowest BCUT2D eigenvalue weighted by Crippen LogP contribution is -2.14. The quantitative estimate of drug-likeness (QED) is 0.704. The van der Waals surface area contributed by atoms with Crippen LogP contribution in [0.15, 0.2) is 12.4 Å². The highest BCUT2D eigenvalue weighted by Gasteiger charge is 2.05. The molecule has 0 aliphatic heterocycles. The number of nitrogens with one attached hydrogen (secondary N) is 1. The molecule has 0 amide bonds. The second kappa shape index (κ2) is 3.59. The van der Waals surface area contributed by atoms with Crippen LogP contribution in [0.25, 0.3) is 5.65 Å². The maximum absolute atomic E-state index is 5.39. The average molecular weight is 192 g/mol. The minimum atomic E-state index is 0.565. The molecular weight excluding hydrogens is 180 g/mol. The Kier molecular flexibility index (Phi) is 2.28. The second-order valence-electron chi connectivity index (χ2n) is 2.93. The van der Waals surface area contributed by atoms with Crippen molar-refractivity contribution in [2.75, 3.05) is 18.4 Å². The number of hydrogen-bond acceptors (Lipinski definition) is 5. The molecule has 0 saturated heterocycles. The summed E-state index contributed by atoms with van der Waals surface area (Å²) in [4.78, 5) is 4.17. The molecular formula is C8H12N6. The zero-order valence-electron chi connectivity index (χ0n) is 7.94. The van der Waals surface area contributed by atoms with Gasteiger partial charge < -0.3 is 11.1 Å². The van der Waals surface area contributed by atoms with Gasteiger partial charge in [-0.15, -0.1) is 10.2 Å². The lowest BCUT2D eigenvalue weighted by atomic mass is 10.5. The number of fused-ring (bicyclic) bond motifs is 1. The van der Waals surface area contributed by atoms with Gasteiger partial charge in [0, 0.05) is 25.5 Å². The molecule has 0 bridgehead atoms. The lowest BCUT2D eigenvalue weighted by Gasteiger charge is -2.03. The van der Waals surface area contributed by atoms with E-state index < -0.39 is 0 Å². The summed E-state index contributed by atoms with van der Waals surface area (Å²) in [5, 5.41) is 11.1. The van der Waals surface area contributed by atoms with E-state index in [-0.39, 0.29) is 0 Å². The number of nitrogens with two attached hydrogens (primary N) is 1. The van der Waals surface area contributed by atoms with Crippen LogP contribution in [-0.2, 0) is 0 Å². The molecule has 0 aliphatic rings. The minimum Gasteiger partial charge on any atom is -0.366 e. The number of aromatic nitrogens is 4. The van der Waals surface area contributed by atoms with Gasteiger partial charge >= 0.3 is 0 Å². The molecule has 0 atom stereocenters. The maximum Gasteiger partial charge on any atom is 0.203 e. The van der Waals surface area contributed by atoms with Crippen LogP contribution in [0.3, 0.4) is 0 Å². The molecule has 0 saturated carbocycles. The van der Waals surface area contributed by atoms with Crippen molar-refractivity contribution in [1.82, 2.24) is 19.6 Å². The van der Waals surface area contributed by atoms with Crippen LogP contribution in [0.2, 0.25) is 0 Å². The van der Waals surface area contributed by atoms with Crippen molar-refractivity contribution in [3.05, 3.63) is 18.2 Å². The molecule has 14 heavy (non-hydrogen) atoms. The maximum atomic E-state index is 5.39. The molecule has 2 heterocycles. The van der Waals surface area contributed by atoms with Crippen LogP contribution < -0.4 is 11.1 Å². The lowest BCUT2D eigenvalue weighted by molar-refractivity contribution is 0.991. The number of aryl methyl sites for hydroxylation is 1. The molecule has 6 nitrogen and oxygen atoms in total. The summed E-state index contributed by atoms with van der Waals surface area (Å²) >= 11 is 0. The highest BCUT2D eigenvalue weighted by Crippen LogP contribution is 2.10. The molecule has 74 valence electrons. The van der Waals surface area contributed by atoms with Crippen LogP contribution >= 0.6 is 0 Å². The van der Waals surface area contributed by atoms with Gasteiger partial charge in [-0.05, 0) is 6.92 Å². The van der Waals surface area contributed by atoms with E-state index >= 15 is 0 Å². The fourth-order valence-corrected chi connectivity index (χ4v) is 1.26. The van der Waals surface area contributed by atoms with E-state index in [1.54, 1.807) is 6.20 Å². The van der Waals surface area contributed by atoms with E-state index in [4.69, 9.17) is 5.73 Å². The third-order valence-corrected chi connectivity index (χ3v) is 1.93. The zero-order valence-corrected chi connectivity index (χ0v) is 7.94. The SMILES string of the molecule is Cc1nnc2c(NCCN)nccn12. The molecule has 6 heteroatoms. The summed E-state index contributed by atoms with van der Waals surface area (Å²) in [5.41, 5.74) is 6.13. The van der Waals surface area contributed by atoms with Crippen molar-refractivity contribution < 1.29 is 0 Å². The van der Waals surface area contributed by atoms with Crippen molar-refractivity contribution >= 4 is 11.5 Å². The van der Waals surface area contributed by atoms with Crippen molar-refractivity contribution in [3.8, 4) is 0 Å². The summed E-state index contributed by atoms with van der Waals surface area (Å²) in [5.74, 6) is 1.57. The Morgan fingerprint density at radius 1 is 1.50 bits per heavy atom. The molecule has 0 radical (unpaired) electrons. The Labute approximate surface area is 81.2 Å². The first kappa shape index (κ1) is 8.89. The Balaban J connectivity index is 2.44. The van der Waals surface area contributed by atoms with E-state index in [0.29, 0.717) is 13.1 Å². The standard InChI is InChI=1S/C8H12N6/c1-6-12-13-8-7(10-3-2-9)11-4-5-14(6)8/h4-5H,2-3,9H2,1H3,(H,10,11). The smallest absolute Gasteiger partial charge is 0.203 e. The van der Waals surface area contributed by atoms with E-state index in [2.05, 4.69) is 20.5 Å². The predicted molar refractivity (Wildman–Crippen MR) is 53.1 cm³/mol. The summed E-state index contributed by atoms with van der Waals surface area (Å²) in [7, 11) is 0. The fraction of sp³-hybridized carbons (Fsp3) is 0.375. The van der Waals surface area contributed by atoms with E-state index in [1.807, 2.05) is 17.5 Å². The second-order valence-corrected chi connectivity index (χ2v) is 2.93. The Hall–Kier alpha value is -1.69. The van der Waals surface area contributed by atoms with E-state index in [9.17, 15) is 0 Å². The minimum absolute atomic E-state index is 0.565. The van der Waals surface area contributed by atoms with Gasteiger partial charge in [0.1, 0.15) is 5.82 Å². The van der Waals surface area contributed by atoms with Crippen molar-refractivity contribution in [1.29, 1.82) is 0 Å². The molecule has 2 aromatic rings. The molecule has 0 fully saturated rings. The monoisotopic (exact) mass is 192 g/mol. The average Bonchev–Trinajstić information content (AvgIpc) is 2.58. The third-order valence-electron chi connectivity index (χ3n) is 1.93. The molecule has 0 spiro atoms. The Morgan fingerprint density at radius 2 is 2.36 bits per heavy atom. The van der Waals surface area contributed by atoms with Gasteiger partial charge in [0.05, 0.1) is 0 Å². The van der Waals surface area contributed by atoms with Crippen molar-refractivity contribution in [2.24, 2.45) is 5.73 Å². The Morgan fingerprint density at radius 3 is 3.14 bits per heavy atom. The van der Waals surface area contributed by atoms with Crippen molar-refractivity contribution in [2.45, 2.75) is 6.92 Å². The van der Waals surface area contributed by atoms with Crippen molar-refractivity contribution in [3.63, 3.8) is 0 Å². The summed E-state index contributed by atoms with van der Waals surface area (Å²) < 4.78 is 1.88. The van der Waals surface area contributed by atoms with Gasteiger partial charge in [-0.1, -0.05) is 0 Å². The van der Waals surface area contributed by atoms with Gasteiger partial charge in [0.25, 0.3) is 0 Å². The van der Waals surface area contributed by atoms with Gasteiger partial charge in [0.2, 0.25) is 5.65 Å². The first-order valence-corrected chi connectivity index (χ1v) is 4.43. The van der Waals surface area contributed by atoms with E-state index in [1.165, 1.54) is 0 Å². The highest BCUT2D eigenvalue weighted by molar-refractivity contribution is 5.61. The zero-order chi connectivity index (χ0) is 9.97. The first-order chi connectivity index (χ1) is 6.83. The normalized spacial score (nSPS) is 10.7. The summed E-state index contributed by atoms with van der Waals surface area (Å²) in [6, 6.07) is 0. The van der Waals surface area contributed by atoms with Gasteiger partial charge in [-0.25, -0.2) is 4.98 Å². The molecule has 0 aromatic carbocycles. The first-order valence-electron chi connectivity index (χ1n) is 4.43. The number of hydrogen-bond donors (Lipinski definition) is 2. The molecule has 2 aromatic heterocycles. The molecule has 3 N–H and O–H groups in total. The molecule has 2 rings (SSSR count). The van der Waals surface area contributed by atoms with Crippen LogP contribution in [0.5, 0.6) is 0 Å². The third kappa shape index (κ3) is 1.39. The highest BCUT2D eigenvalue weighted by atomic mass is 15.3. The van der Waals surface area contributed by atoms with Gasteiger partial charge in [0.15, 0.2) is 5.82 Å². The largest absolute Gasteiger partial charge is 0.366 e. The number of anilines is 1. The van der Waals surface area contributed by atoms with Crippen LogP contribution in [0.1, 0.15) is 5.82 Å². The van der Waals surface area contributed by atoms with Gasteiger partial charge in [-0.2, -0.15) is 0 Å². The van der Waals surface area contributed by atoms with Gasteiger partial charge in [-0.3, -0.25) is 4.40 Å². The predicted octanol–water partition coefficient (Wildman–Crippen LogP) is -0.197. The summed E-state index contributed by atoms with van der Waals surface area (Å²) in [6.07, 6.45) is 3.54. The number of rotatable bonds is 3. The van der Waals surface area contributed by atoms with E-state index in [0.717, 1.165) is 17.3 Å². The molecule has 0 unspecified atom stereocenters. The van der Waals surface area contributed by atoms with Crippen LogP contribution in [-0.4, -0.2) is 32.7 Å².